The lowest BCUT2D eigenvalue weighted by Gasteiger charge is -2.31. The highest BCUT2D eigenvalue weighted by Crippen LogP contribution is 2.21. The van der Waals surface area contributed by atoms with Gasteiger partial charge >= 0.3 is 29.8 Å². The average Bonchev–Trinajstić information content (AvgIpc) is 2.77. The first kappa shape index (κ1) is 32.3. The third-order valence-corrected chi connectivity index (χ3v) is 4.26. The van der Waals surface area contributed by atoms with Crippen LogP contribution in [0.4, 0.5) is 0 Å². The molecule has 0 unspecified atom stereocenters. The van der Waals surface area contributed by atoms with Crippen LogP contribution in [-0.4, -0.2) is 90.1 Å². The lowest BCUT2D eigenvalue weighted by molar-refractivity contribution is -0.167. The van der Waals surface area contributed by atoms with Gasteiger partial charge in [-0.25, -0.2) is 0 Å². The molecule has 0 rings (SSSR count). The van der Waals surface area contributed by atoms with Crippen LogP contribution < -0.4 is 0 Å². The highest BCUT2D eigenvalue weighted by molar-refractivity contribution is 7.81. The molecule has 0 aliphatic carbocycles. The first-order valence-corrected chi connectivity index (χ1v) is 11.6. The molecule has 1 N–H and O–H groups in total. The molecule has 180 valence electrons. The smallest absolute Gasteiger partial charge is 0.315 e. The van der Waals surface area contributed by atoms with Crippen molar-refractivity contribution in [1.29, 1.82) is 0 Å². The van der Waals surface area contributed by atoms with E-state index in [0.29, 0.717) is 5.75 Å². The molecule has 0 saturated heterocycles. The number of thiol groups is 5. The van der Waals surface area contributed by atoms with Crippen molar-refractivity contribution < 1.29 is 48.0 Å². The number of carbonyl (C=O) groups excluding carboxylic acids is 4. The third-order valence-electron chi connectivity index (χ3n) is 3.00. The fraction of sp³-hybridized carbons (Fsp3) is 0.688. The molecule has 0 amide bonds. The zero-order chi connectivity index (χ0) is 24.3. The summed E-state index contributed by atoms with van der Waals surface area (Å²) < 4.78 is 20.0. The first-order valence-electron chi connectivity index (χ1n) is 8.48. The number of carboxylic acids is 1. The predicted molar refractivity (Wildman–Crippen MR) is 128 cm³/mol. The number of hydrogen-bond donors (Lipinski definition) is 6. The Hall–Kier alpha value is -0.900. The van der Waals surface area contributed by atoms with E-state index < -0.39 is 35.3 Å². The van der Waals surface area contributed by atoms with Gasteiger partial charge in [0.05, 0.1) is 29.4 Å². The van der Waals surface area contributed by atoms with Crippen molar-refractivity contribution in [2.45, 2.75) is 6.42 Å². The Morgan fingerprint density at radius 1 is 0.581 bits per heavy atom. The van der Waals surface area contributed by atoms with Crippen molar-refractivity contribution in [3.05, 3.63) is 0 Å². The normalized spacial score (nSPS) is 10.2. The first-order chi connectivity index (χ1) is 14.6. The van der Waals surface area contributed by atoms with Gasteiger partial charge in [0.25, 0.3) is 0 Å². The summed E-state index contributed by atoms with van der Waals surface area (Å²) in [5.74, 6) is -3.66. The van der Waals surface area contributed by atoms with Gasteiger partial charge in [-0.2, -0.15) is 63.1 Å². The van der Waals surface area contributed by atoms with E-state index in [2.05, 4.69) is 63.1 Å². The molecule has 0 saturated carbocycles. The molecule has 10 nitrogen and oxygen atoms in total. The summed E-state index contributed by atoms with van der Waals surface area (Å²) in [6.07, 6.45) is 0.156. The van der Waals surface area contributed by atoms with Crippen molar-refractivity contribution in [2.24, 2.45) is 5.41 Å². The van der Waals surface area contributed by atoms with Crippen molar-refractivity contribution in [3.8, 4) is 0 Å². The van der Waals surface area contributed by atoms with E-state index >= 15 is 0 Å². The minimum absolute atomic E-state index is 0.156. The Balaban J connectivity index is 0. The predicted octanol–water partition coefficient (Wildman–Crippen LogP) is 0.256. The Morgan fingerprint density at radius 3 is 0.968 bits per heavy atom. The van der Waals surface area contributed by atoms with Gasteiger partial charge in [0, 0.05) is 5.75 Å². The molecule has 0 aromatic rings. The van der Waals surface area contributed by atoms with Gasteiger partial charge in [-0.15, -0.1) is 0 Å². The second kappa shape index (κ2) is 19.8. The maximum Gasteiger partial charge on any atom is 0.315 e. The molecule has 0 fully saturated rings. The van der Waals surface area contributed by atoms with Crippen LogP contribution in [-0.2, 0) is 42.9 Å². The maximum atomic E-state index is 11.4. The van der Waals surface area contributed by atoms with Crippen molar-refractivity contribution >= 4 is 93.0 Å². The fourth-order valence-electron chi connectivity index (χ4n) is 1.46. The quantitative estimate of drug-likeness (QED) is 0.104. The van der Waals surface area contributed by atoms with Crippen LogP contribution >= 0.6 is 63.1 Å². The molecule has 31 heavy (non-hydrogen) atoms. The molecular weight excluding hydrogens is 513 g/mol. The van der Waals surface area contributed by atoms with Crippen molar-refractivity contribution in [2.75, 3.05) is 55.2 Å². The highest BCUT2D eigenvalue weighted by atomic mass is 32.1. The van der Waals surface area contributed by atoms with Gasteiger partial charge in [0.15, 0.2) is 0 Å². The molecule has 0 aromatic heterocycles. The van der Waals surface area contributed by atoms with Crippen LogP contribution in [0.25, 0.3) is 0 Å². The van der Waals surface area contributed by atoms with E-state index in [1.807, 2.05) is 0 Å². The molecule has 0 bridgehead atoms. The van der Waals surface area contributed by atoms with E-state index in [9.17, 15) is 24.0 Å². The number of esters is 4. The molecule has 0 spiro atoms. The molecule has 0 aliphatic heterocycles. The molecule has 0 aromatic carbocycles. The van der Waals surface area contributed by atoms with Gasteiger partial charge in [-0.05, 0) is 0 Å². The van der Waals surface area contributed by atoms with Crippen LogP contribution in [0.2, 0.25) is 0 Å². The van der Waals surface area contributed by atoms with Gasteiger partial charge in [-0.3, -0.25) is 24.0 Å². The fourth-order valence-corrected chi connectivity index (χ4v) is 2.02. The Morgan fingerprint density at radius 2 is 0.839 bits per heavy atom. The van der Waals surface area contributed by atoms with E-state index in [1.54, 1.807) is 0 Å². The van der Waals surface area contributed by atoms with Crippen molar-refractivity contribution in [3.63, 3.8) is 0 Å². The summed E-state index contributed by atoms with van der Waals surface area (Å²) in [5, 5.41) is 7.86. The monoisotopic (exact) mass is 538 g/mol. The minimum Gasteiger partial charge on any atom is -0.481 e. The zero-order valence-corrected chi connectivity index (χ0v) is 20.9. The van der Waals surface area contributed by atoms with Gasteiger partial charge in [0.2, 0.25) is 0 Å². The number of carbonyl (C=O) groups is 5. The minimum atomic E-state index is -1.28. The zero-order valence-electron chi connectivity index (χ0n) is 16.4. The summed E-state index contributed by atoms with van der Waals surface area (Å²) in [4.78, 5) is 55.1. The van der Waals surface area contributed by atoms with E-state index in [1.165, 1.54) is 0 Å². The summed E-state index contributed by atoms with van der Waals surface area (Å²) in [6.45, 7) is -1.31. The lowest BCUT2D eigenvalue weighted by atomic mass is 9.92. The number of ether oxygens (including phenoxy) is 4. The highest BCUT2D eigenvalue weighted by Gasteiger charge is 2.37. The van der Waals surface area contributed by atoms with Gasteiger partial charge in [-0.1, -0.05) is 0 Å². The summed E-state index contributed by atoms with van der Waals surface area (Å²) in [7, 11) is 0. The molecule has 0 heterocycles. The second-order valence-corrected chi connectivity index (χ2v) is 7.35. The summed E-state index contributed by atoms with van der Waals surface area (Å²) in [5.41, 5.74) is -1.28. The van der Waals surface area contributed by atoms with Crippen LogP contribution in [0.15, 0.2) is 0 Å². The summed E-state index contributed by atoms with van der Waals surface area (Å²) >= 11 is 18.8. The van der Waals surface area contributed by atoms with Crippen LogP contribution in [0.3, 0.4) is 0 Å². The Labute approximate surface area is 207 Å². The van der Waals surface area contributed by atoms with Gasteiger partial charge < -0.3 is 24.1 Å². The average molecular weight is 539 g/mol. The van der Waals surface area contributed by atoms with E-state index in [0.717, 1.165) is 0 Å². The van der Waals surface area contributed by atoms with Crippen LogP contribution in [0.1, 0.15) is 6.42 Å². The second-order valence-electron chi connectivity index (χ2n) is 5.64. The van der Waals surface area contributed by atoms with Crippen LogP contribution in [0.5, 0.6) is 0 Å². The Kier molecular flexibility index (Phi) is 20.6. The third kappa shape index (κ3) is 18.4. The van der Waals surface area contributed by atoms with E-state index in [-0.39, 0.29) is 55.9 Å². The van der Waals surface area contributed by atoms with Crippen molar-refractivity contribution in [1.82, 2.24) is 0 Å². The SMILES string of the molecule is O=C(CS)OCC(COC(=O)CS)(COC(=O)CS)COC(=O)CS.O=C(O)CCS. The summed E-state index contributed by atoms with van der Waals surface area (Å²) in [6, 6.07) is 0. The van der Waals surface area contributed by atoms with Crippen LogP contribution in [0, 0.1) is 5.41 Å². The number of aliphatic carboxylic acids is 1. The Bertz CT molecular complexity index is 502. The lowest BCUT2D eigenvalue weighted by Crippen LogP contribution is -2.44. The standard InChI is InChI=1S/C13H20O8S4.C3H6O2S/c14-9(1-22)18-5-13(6-19-10(15)2-23,7-20-11(16)3-24)8-21-12(17)4-25;4-3(5)1-2-6/h22-25H,1-8H2;6H,1-2H2,(H,4,5). The maximum absolute atomic E-state index is 11.4. The number of carboxylic acid groups (broad SMARTS) is 1. The largest absolute Gasteiger partial charge is 0.481 e. The number of rotatable bonds is 14. The molecule has 15 heteroatoms. The number of hydrogen-bond acceptors (Lipinski definition) is 14. The van der Waals surface area contributed by atoms with Gasteiger partial charge in [0.1, 0.15) is 31.8 Å². The molecule has 0 radical (unpaired) electrons. The topological polar surface area (TPSA) is 142 Å². The molecular formula is C16H26O10S5. The molecule has 0 aliphatic rings. The van der Waals surface area contributed by atoms with E-state index in [4.69, 9.17) is 24.1 Å². The molecule has 0 atom stereocenters.